The Bertz CT molecular complexity index is 431. The predicted octanol–water partition coefficient (Wildman–Crippen LogP) is 3.58. The highest BCUT2D eigenvalue weighted by Crippen LogP contribution is 2.37. The Morgan fingerprint density at radius 2 is 2.17 bits per heavy atom. The lowest BCUT2D eigenvalue weighted by molar-refractivity contribution is -0.147. The van der Waals surface area contributed by atoms with Gasteiger partial charge in [-0.2, -0.15) is 0 Å². The van der Waals surface area contributed by atoms with Gasteiger partial charge in [0.1, 0.15) is 6.61 Å². The zero-order valence-corrected chi connectivity index (χ0v) is 15.9. The topological polar surface area (TPSA) is 54.0 Å². The summed E-state index contributed by atoms with van der Waals surface area (Å²) in [6.07, 6.45) is 5.37. The average Bonchev–Trinajstić information content (AvgIpc) is 2.77. The van der Waals surface area contributed by atoms with E-state index in [9.17, 15) is 4.79 Å². The van der Waals surface area contributed by atoms with Crippen molar-refractivity contribution in [2.45, 2.75) is 46.5 Å². The molecule has 1 unspecified atom stereocenters. The van der Waals surface area contributed by atoms with Crippen LogP contribution in [0.1, 0.15) is 34.1 Å². The Kier molecular flexibility index (Phi) is 8.87. The highest BCUT2D eigenvalue weighted by Gasteiger charge is 2.34. The number of ether oxygens (including phenoxy) is 4. The number of halogens is 1. The van der Waals surface area contributed by atoms with Crippen LogP contribution in [0.15, 0.2) is 24.0 Å². The molecule has 0 saturated carbocycles. The second-order valence-corrected chi connectivity index (χ2v) is 6.59. The SMILES string of the molecule is CCOC(=O)/C=C/OCC1=CC(C)(C)C[C@@H]1OC(CBr)OCC. The average molecular weight is 391 g/mol. The smallest absolute Gasteiger partial charge is 0.333 e. The van der Waals surface area contributed by atoms with Gasteiger partial charge in [0.15, 0.2) is 6.29 Å². The summed E-state index contributed by atoms with van der Waals surface area (Å²) in [4.78, 5) is 11.2. The van der Waals surface area contributed by atoms with Crippen molar-refractivity contribution in [1.29, 1.82) is 0 Å². The van der Waals surface area contributed by atoms with E-state index in [-0.39, 0.29) is 17.8 Å². The minimum atomic E-state index is -0.406. The zero-order chi connectivity index (χ0) is 17.3. The summed E-state index contributed by atoms with van der Waals surface area (Å²) in [6.45, 7) is 9.36. The van der Waals surface area contributed by atoms with Crippen LogP contribution in [0.25, 0.3) is 0 Å². The van der Waals surface area contributed by atoms with Crippen LogP contribution in [-0.2, 0) is 23.7 Å². The summed E-state index contributed by atoms with van der Waals surface area (Å²) in [5.74, 6) is -0.406. The summed E-state index contributed by atoms with van der Waals surface area (Å²) in [6, 6.07) is 0. The minimum Gasteiger partial charge on any atom is -0.496 e. The van der Waals surface area contributed by atoms with Gasteiger partial charge < -0.3 is 18.9 Å². The van der Waals surface area contributed by atoms with Crippen molar-refractivity contribution in [1.82, 2.24) is 0 Å². The normalized spacial score (nSPS) is 21.3. The van der Waals surface area contributed by atoms with Crippen molar-refractivity contribution in [3.8, 4) is 0 Å². The number of esters is 1. The van der Waals surface area contributed by atoms with Gasteiger partial charge in [-0.15, -0.1) is 0 Å². The fourth-order valence-corrected chi connectivity index (χ4v) is 2.80. The maximum absolute atomic E-state index is 11.2. The Morgan fingerprint density at radius 1 is 1.43 bits per heavy atom. The molecule has 132 valence electrons. The Morgan fingerprint density at radius 3 is 2.78 bits per heavy atom. The first-order valence-corrected chi connectivity index (χ1v) is 9.03. The molecule has 0 spiro atoms. The molecule has 1 aliphatic rings. The molecule has 5 nitrogen and oxygen atoms in total. The number of hydrogen-bond donors (Lipinski definition) is 0. The van der Waals surface area contributed by atoms with Crippen LogP contribution in [0, 0.1) is 5.41 Å². The van der Waals surface area contributed by atoms with E-state index in [0.717, 1.165) is 12.0 Å². The second-order valence-electron chi connectivity index (χ2n) is 5.94. The van der Waals surface area contributed by atoms with E-state index in [0.29, 0.717) is 25.2 Å². The molecule has 2 atom stereocenters. The van der Waals surface area contributed by atoms with E-state index in [1.165, 1.54) is 12.3 Å². The molecular weight excluding hydrogens is 364 g/mol. The van der Waals surface area contributed by atoms with Crippen LogP contribution in [0.4, 0.5) is 0 Å². The molecule has 1 rings (SSSR count). The third-order valence-corrected chi connectivity index (χ3v) is 3.86. The molecule has 1 aliphatic carbocycles. The van der Waals surface area contributed by atoms with Crippen LogP contribution in [0.5, 0.6) is 0 Å². The molecule has 0 aromatic rings. The van der Waals surface area contributed by atoms with Crippen molar-refractivity contribution in [3.05, 3.63) is 24.0 Å². The number of alkyl halides is 1. The molecule has 0 bridgehead atoms. The monoisotopic (exact) mass is 390 g/mol. The lowest BCUT2D eigenvalue weighted by Crippen LogP contribution is -2.28. The van der Waals surface area contributed by atoms with Gasteiger partial charge in [0.05, 0.1) is 30.4 Å². The van der Waals surface area contributed by atoms with Crippen LogP contribution < -0.4 is 0 Å². The maximum atomic E-state index is 11.2. The van der Waals surface area contributed by atoms with Crippen molar-refractivity contribution >= 4 is 21.9 Å². The first-order valence-electron chi connectivity index (χ1n) is 7.91. The van der Waals surface area contributed by atoms with E-state index in [1.54, 1.807) is 6.92 Å². The van der Waals surface area contributed by atoms with Crippen LogP contribution in [-0.4, -0.2) is 43.5 Å². The van der Waals surface area contributed by atoms with Crippen molar-refractivity contribution < 1.29 is 23.7 Å². The summed E-state index contributed by atoms with van der Waals surface area (Å²) >= 11 is 3.40. The summed E-state index contributed by atoms with van der Waals surface area (Å²) in [5.41, 5.74) is 1.12. The number of carbonyl (C=O) groups excluding carboxylic acids is 1. The predicted molar refractivity (Wildman–Crippen MR) is 92.3 cm³/mol. The quantitative estimate of drug-likeness (QED) is 0.142. The minimum absolute atomic E-state index is 0.0462. The van der Waals surface area contributed by atoms with Gasteiger partial charge in [0, 0.05) is 6.61 Å². The summed E-state index contributed by atoms with van der Waals surface area (Å²) in [7, 11) is 0. The summed E-state index contributed by atoms with van der Waals surface area (Å²) in [5, 5.41) is 0.620. The van der Waals surface area contributed by atoms with Gasteiger partial charge in [-0.3, -0.25) is 0 Å². The molecule has 0 aliphatic heterocycles. The van der Waals surface area contributed by atoms with E-state index < -0.39 is 5.97 Å². The highest BCUT2D eigenvalue weighted by atomic mass is 79.9. The molecule has 0 heterocycles. The zero-order valence-electron chi connectivity index (χ0n) is 14.3. The number of allylic oxidation sites excluding steroid dienone is 1. The lowest BCUT2D eigenvalue weighted by atomic mass is 9.93. The molecule has 0 saturated heterocycles. The summed E-state index contributed by atoms with van der Waals surface area (Å²) < 4.78 is 21.8. The maximum Gasteiger partial charge on any atom is 0.333 e. The van der Waals surface area contributed by atoms with E-state index >= 15 is 0 Å². The fraction of sp³-hybridized carbons (Fsp3) is 0.706. The van der Waals surface area contributed by atoms with Crippen molar-refractivity contribution in [2.75, 3.05) is 25.2 Å². The Balaban J connectivity index is 2.56. The van der Waals surface area contributed by atoms with E-state index in [1.807, 2.05) is 6.92 Å². The van der Waals surface area contributed by atoms with Gasteiger partial charge in [0.25, 0.3) is 0 Å². The highest BCUT2D eigenvalue weighted by molar-refractivity contribution is 9.09. The Labute approximate surface area is 147 Å². The van der Waals surface area contributed by atoms with Crippen LogP contribution >= 0.6 is 15.9 Å². The molecule has 0 aromatic heterocycles. The van der Waals surface area contributed by atoms with Crippen LogP contribution in [0.2, 0.25) is 0 Å². The molecule has 0 radical (unpaired) electrons. The van der Waals surface area contributed by atoms with Gasteiger partial charge in [-0.25, -0.2) is 4.79 Å². The molecule has 0 aromatic carbocycles. The molecule has 0 N–H and O–H groups in total. The number of carbonyl (C=O) groups is 1. The van der Waals surface area contributed by atoms with Crippen molar-refractivity contribution in [3.63, 3.8) is 0 Å². The second kappa shape index (κ2) is 10.1. The van der Waals surface area contributed by atoms with E-state index in [4.69, 9.17) is 18.9 Å². The Hall–Kier alpha value is -0.850. The van der Waals surface area contributed by atoms with Crippen molar-refractivity contribution in [2.24, 2.45) is 5.41 Å². The van der Waals surface area contributed by atoms with Gasteiger partial charge in [-0.05, 0) is 31.3 Å². The van der Waals surface area contributed by atoms with Gasteiger partial charge in [-0.1, -0.05) is 35.9 Å². The molecule has 0 amide bonds. The van der Waals surface area contributed by atoms with E-state index in [2.05, 4.69) is 35.9 Å². The first kappa shape index (κ1) is 20.2. The van der Waals surface area contributed by atoms with Gasteiger partial charge >= 0.3 is 5.97 Å². The third kappa shape index (κ3) is 7.50. The molecular formula is C17H27BrO5. The number of rotatable bonds is 10. The largest absolute Gasteiger partial charge is 0.496 e. The molecule has 23 heavy (non-hydrogen) atoms. The number of hydrogen-bond acceptors (Lipinski definition) is 5. The third-order valence-electron chi connectivity index (χ3n) is 3.33. The lowest BCUT2D eigenvalue weighted by Gasteiger charge is -2.24. The molecule has 6 heteroatoms. The standard InChI is InChI=1S/C17H27BrO5/c1-5-21-15(19)7-8-20-12-13-9-17(3,4)10-14(13)23-16(11-18)22-6-2/h7-9,14,16H,5-6,10-12H2,1-4H3/b8-7+/t14-,16?/m0/s1. The fourth-order valence-electron chi connectivity index (χ4n) is 2.46. The van der Waals surface area contributed by atoms with Crippen LogP contribution in [0.3, 0.4) is 0 Å². The molecule has 0 fully saturated rings. The van der Waals surface area contributed by atoms with Gasteiger partial charge in [0.2, 0.25) is 0 Å². The first-order chi connectivity index (χ1) is 10.9.